The van der Waals surface area contributed by atoms with Crippen LogP contribution in [0.1, 0.15) is 37.1 Å². The lowest BCUT2D eigenvalue weighted by molar-refractivity contribution is -0.114. The maximum atomic E-state index is 13.1. The monoisotopic (exact) mass is 507 g/mol. The zero-order chi connectivity index (χ0) is 25.3. The molecule has 12 heteroatoms. The standard InChI is InChI=1S/C24H25N7O4S/c1-16(32)25-19-7-9-20(10-8-19)36(34,35)30-13-11-18(12-14-30)22-26-23-21(24(33)27-22)28-29-31(23)15-17-5-3-2-4-6-17/h2-10,18H,11-15H2,1H3,(H,25,32)(H,26,27,33). The Balaban J connectivity index is 1.32. The molecule has 0 saturated carbocycles. The molecule has 0 unspecified atom stereocenters. The van der Waals surface area contributed by atoms with Crippen molar-refractivity contribution in [3.05, 3.63) is 76.3 Å². The predicted molar refractivity (Wildman–Crippen MR) is 133 cm³/mol. The largest absolute Gasteiger partial charge is 0.326 e. The molecule has 186 valence electrons. The second-order valence-corrected chi connectivity index (χ2v) is 10.7. The summed E-state index contributed by atoms with van der Waals surface area (Å²) in [6.07, 6.45) is 1.02. The molecule has 36 heavy (non-hydrogen) atoms. The van der Waals surface area contributed by atoms with E-state index < -0.39 is 10.0 Å². The number of piperidine rings is 1. The molecule has 0 aliphatic carbocycles. The number of anilines is 1. The molecular formula is C24H25N7O4S. The zero-order valence-electron chi connectivity index (χ0n) is 19.6. The van der Waals surface area contributed by atoms with Gasteiger partial charge in [-0.3, -0.25) is 9.59 Å². The SMILES string of the molecule is CC(=O)Nc1ccc(S(=O)(=O)N2CCC(c3nc4c(nnn4Cc4ccccc4)c(=O)[nH]3)CC2)cc1. The fourth-order valence-electron chi connectivity index (χ4n) is 4.37. The summed E-state index contributed by atoms with van der Waals surface area (Å²) < 4.78 is 29.3. The first kappa shape index (κ1) is 23.8. The summed E-state index contributed by atoms with van der Waals surface area (Å²) in [4.78, 5) is 31.5. The molecule has 0 bridgehead atoms. The van der Waals surface area contributed by atoms with Gasteiger partial charge < -0.3 is 10.3 Å². The third kappa shape index (κ3) is 4.77. The number of hydrogen-bond donors (Lipinski definition) is 2. The van der Waals surface area contributed by atoms with Crippen molar-refractivity contribution in [2.45, 2.75) is 37.1 Å². The smallest absolute Gasteiger partial charge is 0.281 e. The van der Waals surface area contributed by atoms with Crippen molar-refractivity contribution in [2.24, 2.45) is 0 Å². The number of nitrogens with zero attached hydrogens (tertiary/aromatic N) is 5. The molecule has 1 saturated heterocycles. The van der Waals surface area contributed by atoms with Gasteiger partial charge in [0.15, 0.2) is 11.2 Å². The van der Waals surface area contributed by atoms with Crippen LogP contribution in [0, 0.1) is 0 Å². The second kappa shape index (κ2) is 9.63. The number of fused-ring (bicyclic) bond motifs is 1. The molecule has 4 aromatic rings. The number of benzene rings is 2. The number of hydrogen-bond acceptors (Lipinski definition) is 7. The molecule has 1 fully saturated rings. The highest BCUT2D eigenvalue weighted by Gasteiger charge is 2.31. The van der Waals surface area contributed by atoms with Crippen LogP contribution in [0.2, 0.25) is 0 Å². The highest BCUT2D eigenvalue weighted by atomic mass is 32.2. The van der Waals surface area contributed by atoms with Crippen molar-refractivity contribution < 1.29 is 13.2 Å². The van der Waals surface area contributed by atoms with Gasteiger partial charge in [-0.2, -0.15) is 4.31 Å². The first-order chi connectivity index (χ1) is 17.3. The summed E-state index contributed by atoms with van der Waals surface area (Å²) in [7, 11) is -3.68. The van der Waals surface area contributed by atoms with Crippen molar-refractivity contribution in [3.63, 3.8) is 0 Å². The van der Waals surface area contributed by atoms with Crippen molar-refractivity contribution in [3.8, 4) is 0 Å². The minimum Gasteiger partial charge on any atom is -0.326 e. The number of H-pyrrole nitrogens is 1. The predicted octanol–water partition coefficient (Wildman–Crippen LogP) is 2.09. The minimum absolute atomic E-state index is 0.101. The van der Waals surface area contributed by atoms with Gasteiger partial charge in [0, 0.05) is 31.6 Å². The molecule has 1 aliphatic rings. The lowest BCUT2D eigenvalue weighted by Gasteiger charge is -2.30. The number of nitrogens with one attached hydrogen (secondary N) is 2. The molecule has 11 nitrogen and oxygen atoms in total. The van der Waals surface area contributed by atoms with Gasteiger partial charge in [0.05, 0.1) is 11.4 Å². The van der Waals surface area contributed by atoms with E-state index in [0.717, 1.165) is 5.56 Å². The van der Waals surface area contributed by atoms with Crippen LogP contribution in [-0.4, -0.2) is 56.7 Å². The van der Waals surface area contributed by atoms with Crippen LogP contribution in [0.5, 0.6) is 0 Å². The summed E-state index contributed by atoms with van der Waals surface area (Å²) in [5, 5.41) is 10.7. The summed E-state index contributed by atoms with van der Waals surface area (Å²) in [6.45, 7) is 2.42. The van der Waals surface area contributed by atoms with Gasteiger partial charge in [-0.15, -0.1) is 5.10 Å². The van der Waals surface area contributed by atoms with Crippen molar-refractivity contribution in [2.75, 3.05) is 18.4 Å². The Morgan fingerprint density at radius 1 is 1.08 bits per heavy atom. The van der Waals surface area contributed by atoms with Crippen LogP contribution >= 0.6 is 0 Å². The Bertz CT molecular complexity index is 1560. The lowest BCUT2D eigenvalue weighted by Crippen LogP contribution is -2.38. The van der Waals surface area contributed by atoms with Gasteiger partial charge in [0.25, 0.3) is 5.56 Å². The molecule has 0 spiro atoms. The van der Waals surface area contributed by atoms with Gasteiger partial charge >= 0.3 is 0 Å². The van der Waals surface area contributed by atoms with E-state index in [1.165, 1.54) is 23.4 Å². The Morgan fingerprint density at radius 2 is 1.78 bits per heavy atom. The lowest BCUT2D eigenvalue weighted by atomic mass is 9.97. The summed E-state index contributed by atoms with van der Waals surface area (Å²) >= 11 is 0. The highest BCUT2D eigenvalue weighted by Crippen LogP contribution is 2.29. The summed E-state index contributed by atoms with van der Waals surface area (Å²) in [5.74, 6) is 0.188. The maximum Gasteiger partial charge on any atom is 0.281 e. The molecule has 3 heterocycles. The van der Waals surface area contributed by atoms with E-state index in [9.17, 15) is 18.0 Å². The quantitative estimate of drug-likeness (QED) is 0.407. The van der Waals surface area contributed by atoms with E-state index in [2.05, 4.69) is 25.6 Å². The van der Waals surface area contributed by atoms with Gasteiger partial charge in [-0.1, -0.05) is 35.5 Å². The van der Waals surface area contributed by atoms with Crippen LogP contribution < -0.4 is 10.9 Å². The zero-order valence-corrected chi connectivity index (χ0v) is 20.4. The topological polar surface area (TPSA) is 143 Å². The normalized spacial score (nSPS) is 15.2. The molecule has 2 aromatic heterocycles. The molecule has 0 radical (unpaired) electrons. The molecule has 1 amide bonds. The fraction of sp³-hybridized carbons (Fsp3) is 0.292. The number of aromatic amines is 1. The van der Waals surface area contributed by atoms with Gasteiger partial charge in [0.1, 0.15) is 5.82 Å². The molecule has 0 atom stereocenters. The molecule has 2 aromatic carbocycles. The Labute approximate surface area is 207 Å². The number of carbonyl (C=O) groups excluding carboxylic acids is 1. The minimum atomic E-state index is -3.68. The summed E-state index contributed by atoms with van der Waals surface area (Å²) in [6, 6.07) is 15.8. The van der Waals surface area contributed by atoms with E-state index in [-0.39, 0.29) is 27.8 Å². The van der Waals surface area contributed by atoms with Gasteiger partial charge in [0.2, 0.25) is 15.9 Å². The third-order valence-corrected chi connectivity index (χ3v) is 8.13. The van der Waals surface area contributed by atoms with E-state index in [1.807, 2.05) is 30.3 Å². The molecular weight excluding hydrogens is 482 g/mol. The summed E-state index contributed by atoms with van der Waals surface area (Å²) in [5.41, 5.74) is 1.77. The van der Waals surface area contributed by atoms with E-state index in [0.29, 0.717) is 49.6 Å². The second-order valence-electron chi connectivity index (χ2n) is 8.74. The van der Waals surface area contributed by atoms with Crippen LogP contribution in [-0.2, 0) is 21.4 Å². The fourth-order valence-corrected chi connectivity index (χ4v) is 5.84. The Morgan fingerprint density at radius 3 is 2.44 bits per heavy atom. The van der Waals surface area contributed by atoms with Gasteiger partial charge in [-0.05, 0) is 42.7 Å². The van der Waals surface area contributed by atoms with Crippen molar-refractivity contribution in [1.29, 1.82) is 0 Å². The molecule has 5 rings (SSSR count). The first-order valence-corrected chi connectivity index (χ1v) is 13.0. The number of carbonyl (C=O) groups is 1. The number of aromatic nitrogens is 5. The Hall–Kier alpha value is -3.90. The van der Waals surface area contributed by atoms with Crippen LogP contribution in [0.4, 0.5) is 5.69 Å². The van der Waals surface area contributed by atoms with Gasteiger partial charge in [-0.25, -0.2) is 18.1 Å². The molecule has 2 N–H and O–H groups in total. The van der Waals surface area contributed by atoms with E-state index in [4.69, 9.17) is 0 Å². The van der Waals surface area contributed by atoms with E-state index >= 15 is 0 Å². The number of sulfonamides is 1. The average Bonchev–Trinajstić information content (AvgIpc) is 3.28. The third-order valence-electron chi connectivity index (χ3n) is 6.22. The van der Waals surface area contributed by atoms with E-state index in [1.54, 1.807) is 16.8 Å². The molecule has 1 aliphatic heterocycles. The number of rotatable bonds is 6. The highest BCUT2D eigenvalue weighted by molar-refractivity contribution is 7.89. The van der Waals surface area contributed by atoms with Crippen molar-refractivity contribution >= 4 is 32.8 Å². The van der Waals surface area contributed by atoms with Crippen LogP contribution in [0.15, 0.2) is 64.3 Å². The number of amides is 1. The van der Waals surface area contributed by atoms with Crippen LogP contribution in [0.3, 0.4) is 0 Å². The van der Waals surface area contributed by atoms with Crippen molar-refractivity contribution in [1.82, 2.24) is 29.3 Å². The Kier molecular flexibility index (Phi) is 6.37. The first-order valence-electron chi connectivity index (χ1n) is 11.6. The maximum absolute atomic E-state index is 13.1. The average molecular weight is 508 g/mol. The van der Waals surface area contributed by atoms with Crippen LogP contribution in [0.25, 0.3) is 11.2 Å².